The third kappa shape index (κ3) is 6.46. The van der Waals surface area contributed by atoms with E-state index >= 15 is 0 Å². The number of para-hydroxylation sites is 1. The highest BCUT2D eigenvalue weighted by atomic mass is 16.3. The van der Waals surface area contributed by atoms with Crippen molar-refractivity contribution >= 4 is 17.7 Å². The van der Waals surface area contributed by atoms with Crippen LogP contribution in [0.1, 0.15) is 109 Å². The van der Waals surface area contributed by atoms with Crippen LogP contribution in [0.4, 0.5) is 5.69 Å². The number of hydrogen-bond acceptors (Lipinski definition) is 3. The molecule has 0 spiro atoms. The summed E-state index contributed by atoms with van der Waals surface area (Å²) < 4.78 is 0.922. The molecule has 4 saturated carbocycles. The Morgan fingerprint density at radius 2 is 1.67 bits per heavy atom. The quantitative estimate of drug-likeness (QED) is 0.235. The highest BCUT2D eigenvalue weighted by Gasteiger charge is 2.63. The zero-order valence-electron chi connectivity index (χ0n) is 30.5. The number of aliphatic hydroxyl groups excluding tert-OH is 2. The molecule has 5 nitrogen and oxygen atoms in total. The molecule has 0 radical (unpaired) electrons. The van der Waals surface area contributed by atoms with Crippen molar-refractivity contribution in [2.75, 3.05) is 13.1 Å². The van der Waals surface area contributed by atoms with Gasteiger partial charge in [-0.25, -0.2) is 0 Å². The summed E-state index contributed by atoms with van der Waals surface area (Å²) in [5, 5.41) is 25.8. The van der Waals surface area contributed by atoms with Crippen molar-refractivity contribution in [3.8, 4) is 0 Å². The van der Waals surface area contributed by atoms with Gasteiger partial charge in [0.25, 0.3) is 0 Å². The van der Waals surface area contributed by atoms with Gasteiger partial charge in [-0.1, -0.05) is 75.9 Å². The van der Waals surface area contributed by atoms with E-state index in [-0.39, 0.29) is 35.0 Å². The minimum atomic E-state index is -0.268. The van der Waals surface area contributed by atoms with Crippen LogP contribution >= 0.6 is 0 Å². The SMILES string of the molecule is C=Cc1ccc(C[N+]2(c3ccccc3)CCC(NC(=O)CC[C@@H](C)C3CCC4C5CCC6C[C@H](O)CCC6(C)C5C[C@H](O)C43C)CC2)cc1. The lowest BCUT2D eigenvalue weighted by Gasteiger charge is -2.62. The molecule has 10 atom stereocenters. The third-order valence-corrected chi connectivity index (χ3v) is 15.5. The number of piperidine rings is 1. The molecular formula is C44H63N2O3+. The van der Waals surface area contributed by atoms with Gasteiger partial charge in [0.05, 0.1) is 25.3 Å². The van der Waals surface area contributed by atoms with E-state index in [1.807, 2.05) is 6.08 Å². The Hall–Kier alpha value is -2.47. The Balaban J connectivity index is 0.941. The average Bonchev–Trinajstić information content (AvgIpc) is 3.48. The molecule has 5 aliphatic rings. The molecule has 2 aromatic carbocycles. The summed E-state index contributed by atoms with van der Waals surface area (Å²) in [5.41, 5.74) is 4.05. The predicted molar refractivity (Wildman–Crippen MR) is 200 cm³/mol. The van der Waals surface area contributed by atoms with Crippen LogP contribution in [0.15, 0.2) is 61.2 Å². The standard InChI is InChI=1S/C44H62N2O3/c1-5-31-12-14-32(15-13-31)29-46(35-9-7-6-8-10-35)25-22-34(23-26-46)45-42(49)20-11-30(2)38-18-19-39-37-17-16-33-27-36(47)21-24-43(33,3)40(37)28-41(48)44(38,39)4/h5-10,12-15,30,33-34,36-41,47-48H,1,11,16-29H2,2-4H3/p+1/t30-,33?,34?,36-,37?,38?,39?,40?,41+,43?,44?,46?/m1/s1. The molecule has 49 heavy (non-hydrogen) atoms. The van der Waals surface area contributed by atoms with Gasteiger partial charge in [-0.3, -0.25) is 9.28 Å². The Kier molecular flexibility index (Phi) is 9.93. The van der Waals surface area contributed by atoms with Crippen molar-refractivity contribution in [2.45, 2.75) is 123 Å². The maximum absolute atomic E-state index is 13.4. The molecule has 3 N–H and O–H groups in total. The molecule has 5 fully saturated rings. The third-order valence-electron chi connectivity index (χ3n) is 15.5. The molecule has 7 rings (SSSR count). The normalized spacial score (nSPS) is 40.8. The Morgan fingerprint density at radius 3 is 2.39 bits per heavy atom. The van der Waals surface area contributed by atoms with Gasteiger partial charge in [-0.05, 0) is 122 Å². The van der Waals surface area contributed by atoms with E-state index in [0.29, 0.717) is 41.9 Å². The second kappa shape index (κ2) is 13.9. The maximum atomic E-state index is 13.4. The van der Waals surface area contributed by atoms with Crippen molar-refractivity contribution in [3.05, 3.63) is 72.3 Å². The number of nitrogens with zero attached hydrogens (tertiary/aromatic N) is 1. The van der Waals surface area contributed by atoms with E-state index in [2.05, 4.69) is 87.3 Å². The molecule has 1 aliphatic heterocycles. The van der Waals surface area contributed by atoms with Crippen LogP contribution in [0.5, 0.6) is 0 Å². The van der Waals surface area contributed by atoms with Crippen LogP contribution in [0.2, 0.25) is 0 Å². The molecule has 0 aromatic heterocycles. The molecule has 1 saturated heterocycles. The van der Waals surface area contributed by atoms with Crippen molar-refractivity contribution in [2.24, 2.45) is 46.3 Å². The summed E-state index contributed by atoms with van der Waals surface area (Å²) in [6.45, 7) is 14.2. The van der Waals surface area contributed by atoms with Crippen LogP contribution in [0.25, 0.3) is 6.08 Å². The van der Waals surface area contributed by atoms with Crippen LogP contribution < -0.4 is 9.80 Å². The monoisotopic (exact) mass is 667 g/mol. The van der Waals surface area contributed by atoms with Crippen LogP contribution in [-0.4, -0.2) is 47.5 Å². The smallest absolute Gasteiger partial charge is 0.220 e. The second-order valence-corrected chi connectivity index (χ2v) is 17.8. The lowest BCUT2D eigenvalue weighted by molar-refractivity contribution is -0.175. The maximum Gasteiger partial charge on any atom is 0.220 e. The van der Waals surface area contributed by atoms with E-state index in [0.717, 1.165) is 74.6 Å². The fourth-order valence-corrected chi connectivity index (χ4v) is 12.6. The largest absolute Gasteiger partial charge is 0.393 e. The lowest BCUT2D eigenvalue weighted by Crippen LogP contribution is -2.58. The Labute approximate surface area is 296 Å². The number of nitrogens with one attached hydrogen (secondary N) is 1. The first kappa shape index (κ1) is 35.0. The van der Waals surface area contributed by atoms with E-state index < -0.39 is 0 Å². The number of aliphatic hydroxyl groups is 2. The summed E-state index contributed by atoms with van der Waals surface area (Å²) in [5.74, 6) is 3.56. The van der Waals surface area contributed by atoms with Crippen molar-refractivity contribution in [3.63, 3.8) is 0 Å². The molecule has 2 aromatic rings. The molecule has 0 bridgehead atoms. The zero-order chi connectivity index (χ0) is 34.4. The summed E-state index contributed by atoms with van der Waals surface area (Å²) >= 11 is 0. The number of benzene rings is 2. The van der Waals surface area contributed by atoms with Crippen LogP contribution in [-0.2, 0) is 11.3 Å². The zero-order valence-corrected chi connectivity index (χ0v) is 30.5. The number of amides is 1. The van der Waals surface area contributed by atoms with Gasteiger partial charge in [-0.15, -0.1) is 0 Å². The first-order valence-corrected chi connectivity index (χ1v) is 19.8. The summed E-state index contributed by atoms with van der Waals surface area (Å²) in [6, 6.07) is 19.9. The number of hydrogen-bond donors (Lipinski definition) is 3. The number of rotatable bonds is 9. The van der Waals surface area contributed by atoms with Crippen molar-refractivity contribution < 1.29 is 15.0 Å². The number of carbonyl (C=O) groups is 1. The minimum absolute atomic E-state index is 0.0531. The van der Waals surface area contributed by atoms with Gasteiger partial charge in [0.15, 0.2) is 0 Å². The Bertz CT molecular complexity index is 1450. The summed E-state index contributed by atoms with van der Waals surface area (Å²) in [6.07, 6.45) is 13.8. The van der Waals surface area contributed by atoms with Gasteiger partial charge in [0.1, 0.15) is 12.2 Å². The highest BCUT2D eigenvalue weighted by molar-refractivity contribution is 5.76. The highest BCUT2D eigenvalue weighted by Crippen LogP contribution is 2.68. The number of fused-ring (bicyclic) bond motifs is 5. The van der Waals surface area contributed by atoms with Gasteiger partial charge in [0, 0.05) is 30.9 Å². The second-order valence-electron chi connectivity index (χ2n) is 17.8. The first-order valence-electron chi connectivity index (χ1n) is 19.8. The molecule has 4 aliphatic carbocycles. The van der Waals surface area contributed by atoms with E-state index in [1.54, 1.807) is 0 Å². The fraction of sp³-hybridized carbons (Fsp3) is 0.659. The molecule has 1 amide bonds. The van der Waals surface area contributed by atoms with Gasteiger partial charge in [0.2, 0.25) is 5.91 Å². The summed E-state index contributed by atoms with van der Waals surface area (Å²) in [4.78, 5) is 13.4. The Morgan fingerprint density at radius 1 is 0.939 bits per heavy atom. The fourth-order valence-electron chi connectivity index (χ4n) is 12.6. The topological polar surface area (TPSA) is 69.6 Å². The molecule has 7 unspecified atom stereocenters. The van der Waals surface area contributed by atoms with Crippen LogP contribution in [0, 0.1) is 46.3 Å². The van der Waals surface area contributed by atoms with Crippen molar-refractivity contribution in [1.29, 1.82) is 0 Å². The number of carbonyl (C=O) groups excluding carboxylic acids is 1. The predicted octanol–water partition coefficient (Wildman–Crippen LogP) is 8.52. The van der Waals surface area contributed by atoms with Gasteiger partial charge in [-0.2, -0.15) is 0 Å². The molecule has 1 heterocycles. The van der Waals surface area contributed by atoms with E-state index in [1.165, 1.54) is 36.9 Å². The molecule has 5 heteroatoms. The van der Waals surface area contributed by atoms with E-state index in [4.69, 9.17) is 0 Å². The average molecular weight is 668 g/mol. The number of likely N-dealkylation sites (tertiary alicyclic amines) is 1. The molecule has 266 valence electrons. The van der Waals surface area contributed by atoms with Crippen LogP contribution in [0.3, 0.4) is 0 Å². The van der Waals surface area contributed by atoms with Crippen molar-refractivity contribution in [1.82, 2.24) is 9.80 Å². The number of quaternary nitrogens is 1. The van der Waals surface area contributed by atoms with Gasteiger partial charge < -0.3 is 15.5 Å². The first-order chi connectivity index (χ1) is 23.6. The van der Waals surface area contributed by atoms with Gasteiger partial charge >= 0.3 is 0 Å². The minimum Gasteiger partial charge on any atom is -0.393 e. The lowest BCUT2D eigenvalue weighted by atomic mass is 9.43. The summed E-state index contributed by atoms with van der Waals surface area (Å²) in [7, 11) is 0. The van der Waals surface area contributed by atoms with E-state index in [9.17, 15) is 15.0 Å². The molecular weight excluding hydrogens is 604 g/mol.